The van der Waals surface area contributed by atoms with Crippen LogP contribution in [0.1, 0.15) is 0 Å². The molecule has 0 unspecified atom stereocenters. The Kier molecular flexibility index (Phi) is 4.06. The molecule has 14 heavy (non-hydrogen) atoms. The first kappa shape index (κ1) is 11.3. The van der Waals surface area contributed by atoms with E-state index in [1.54, 1.807) is 0 Å². The number of aliphatic carboxylic acids is 2. The number of diazo groups is 1. The summed E-state index contributed by atoms with van der Waals surface area (Å²) in [5, 5.41) is 34.0. The van der Waals surface area contributed by atoms with E-state index in [2.05, 4.69) is 20.5 Å². The SMILES string of the molecule is N#[N+]N=C(C(=O)O)C(=NN=[N-])C(=O)O. The zero-order valence-electron chi connectivity index (χ0n) is 6.39. The fourth-order valence-corrected chi connectivity index (χ4v) is 0.472. The fraction of sp³-hybridized carbons (Fsp3) is 0. The van der Waals surface area contributed by atoms with Gasteiger partial charge in [-0.25, -0.2) is 9.59 Å². The summed E-state index contributed by atoms with van der Waals surface area (Å²) >= 11 is 0. The number of hydrogen-bond donors (Lipinski definition) is 2. The summed E-state index contributed by atoms with van der Waals surface area (Å²) in [6.07, 6.45) is 0. The summed E-state index contributed by atoms with van der Waals surface area (Å²) < 4.78 is 0. The summed E-state index contributed by atoms with van der Waals surface area (Å²) in [5.41, 5.74) is 5.58. The standard InChI is InChI=1S/C4H2N6O4/c5-9-7-1(3(11)12)2(4(13)14)8-10-6/h(H,11,12)(H,13,14). The number of carbonyl (C=O) groups is 2. The lowest BCUT2D eigenvalue weighted by atomic mass is 10.2. The number of carboxylic acids is 2. The molecule has 0 fully saturated rings. The molecule has 0 aliphatic heterocycles. The van der Waals surface area contributed by atoms with E-state index >= 15 is 0 Å². The molecule has 0 saturated heterocycles. The molecule has 2 N–H and O–H groups in total. The van der Waals surface area contributed by atoms with Crippen molar-refractivity contribution in [2.45, 2.75) is 0 Å². The molecule has 72 valence electrons. The minimum absolute atomic E-state index is 1.17. The van der Waals surface area contributed by atoms with Gasteiger partial charge in [-0.2, -0.15) is 0 Å². The molecule has 0 saturated carbocycles. The first-order chi connectivity index (χ1) is 6.54. The number of hydrogen-bond acceptors (Lipinski definition) is 5. The largest absolute Gasteiger partial charge is 0.478 e. The van der Waals surface area contributed by atoms with Crippen molar-refractivity contribution >= 4 is 23.4 Å². The zero-order valence-corrected chi connectivity index (χ0v) is 6.39. The summed E-state index contributed by atoms with van der Waals surface area (Å²) in [7, 11) is 0. The Labute approximate surface area is 75.7 Å². The number of nitrogens with zero attached hydrogens (tertiary/aromatic N) is 6. The summed E-state index contributed by atoms with van der Waals surface area (Å²) in [6.45, 7) is 0. The third-order valence-electron chi connectivity index (χ3n) is 0.919. The van der Waals surface area contributed by atoms with Crippen molar-refractivity contribution in [3.63, 3.8) is 0 Å². The van der Waals surface area contributed by atoms with Gasteiger partial charge in [-0.05, 0) is 0 Å². The molecule has 0 amide bonds. The van der Waals surface area contributed by atoms with Crippen LogP contribution >= 0.6 is 0 Å². The summed E-state index contributed by atoms with van der Waals surface area (Å²) in [6, 6.07) is 0. The predicted molar refractivity (Wildman–Crippen MR) is 41.0 cm³/mol. The summed E-state index contributed by atoms with van der Waals surface area (Å²) in [4.78, 5) is 20.7. The number of rotatable bonds is 4. The van der Waals surface area contributed by atoms with Crippen molar-refractivity contribution in [1.29, 1.82) is 5.39 Å². The monoisotopic (exact) mass is 198 g/mol. The van der Waals surface area contributed by atoms with Crippen LogP contribution in [0.5, 0.6) is 0 Å². The highest BCUT2D eigenvalue weighted by atomic mass is 16.4. The Morgan fingerprint density at radius 1 is 1.21 bits per heavy atom. The van der Waals surface area contributed by atoms with Gasteiger partial charge < -0.3 is 20.8 Å². The molecular formula is C4H2N6O4. The van der Waals surface area contributed by atoms with Crippen molar-refractivity contribution in [2.24, 2.45) is 15.4 Å². The normalized spacial score (nSPS) is 11.6. The first-order valence-electron chi connectivity index (χ1n) is 2.85. The van der Waals surface area contributed by atoms with Gasteiger partial charge in [0.05, 0.1) is 0 Å². The third kappa shape index (κ3) is 2.74. The molecule has 0 aliphatic carbocycles. The van der Waals surface area contributed by atoms with Gasteiger partial charge in [0.25, 0.3) is 5.39 Å². The smallest absolute Gasteiger partial charge is 0.362 e. The van der Waals surface area contributed by atoms with E-state index in [1.807, 2.05) is 0 Å². The second-order valence-corrected chi connectivity index (χ2v) is 1.69. The molecule has 0 spiro atoms. The van der Waals surface area contributed by atoms with Crippen molar-refractivity contribution < 1.29 is 19.8 Å². The van der Waals surface area contributed by atoms with Crippen molar-refractivity contribution in [3.8, 4) is 0 Å². The highest BCUT2D eigenvalue weighted by Crippen LogP contribution is 1.90. The van der Waals surface area contributed by atoms with Gasteiger partial charge >= 0.3 is 17.0 Å². The molecule has 0 radical (unpaired) electrons. The Morgan fingerprint density at radius 3 is 2.00 bits per heavy atom. The van der Waals surface area contributed by atoms with E-state index in [1.165, 1.54) is 0 Å². The zero-order chi connectivity index (χ0) is 11.1. The maximum Gasteiger partial charge on any atom is 0.362 e. The molecule has 0 heterocycles. The average molecular weight is 198 g/mol. The molecule has 0 aliphatic rings. The first-order valence-corrected chi connectivity index (χ1v) is 2.85. The van der Waals surface area contributed by atoms with Crippen LogP contribution in [0.3, 0.4) is 0 Å². The van der Waals surface area contributed by atoms with Gasteiger partial charge in [-0.1, -0.05) is 0 Å². The van der Waals surface area contributed by atoms with Crippen molar-refractivity contribution in [1.82, 2.24) is 0 Å². The second-order valence-electron chi connectivity index (χ2n) is 1.69. The minimum Gasteiger partial charge on any atom is -0.478 e. The Bertz CT molecular complexity index is 376. The van der Waals surface area contributed by atoms with Crippen LogP contribution in [0.2, 0.25) is 0 Å². The van der Waals surface area contributed by atoms with Gasteiger partial charge in [0.15, 0.2) is 5.10 Å². The maximum absolute atomic E-state index is 10.3. The van der Waals surface area contributed by atoms with Gasteiger partial charge in [0.2, 0.25) is 5.71 Å². The van der Waals surface area contributed by atoms with E-state index in [-0.39, 0.29) is 0 Å². The van der Waals surface area contributed by atoms with Crippen LogP contribution in [0.15, 0.2) is 15.4 Å². The maximum atomic E-state index is 10.3. The lowest BCUT2D eigenvalue weighted by Crippen LogP contribution is -2.30. The Balaban J connectivity index is 5.39. The average Bonchev–Trinajstić information content (AvgIpc) is 2.10. The Morgan fingerprint density at radius 2 is 1.71 bits per heavy atom. The molecule has 0 bridgehead atoms. The van der Waals surface area contributed by atoms with Crippen LogP contribution in [0.4, 0.5) is 0 Å². The highest BCUT2D eigenvalue weighted by Gasteiger charge is 2.24. The third-order valence-corrected chi connectivity index (χ3v) is 0.919. The van der Waals surface area contributed by atoms with Crippen LogP contribution < -0.4 is 0 Å². The lowest BCUT2D eigenvalue weighted by Gasteiger charge is -1.98. The van der Waals surface area contributed by atoms with Crippen LogP contribution in [0.25, 0.3) is 10.6 Å². The molecule has 10 heteroatoms. The summed E-state index contributed by atoms with van der Waals surface area (Å²) in [5.74, 6) is -3.60. The van der Waals surface area contributed by atoms with E-state index < -0.39 is 23.4 Å². The molecule has 0 rings (SSSR count). The molecule has 0 aromatic rings. The fourth-order valence-electron chi connectivity index (χ4n) is 0.472. The van der Waals surface area contributed by atoms with E-state index in [0.717, 1.165) is 0 Å². The highest BCUT2D eigenvalue weighted by molar-refractivity contribution is 6.78. The van der Waals surface area contributed by atoms with Gasteiger partial charge in [-0.3, -0.25) is 5.22 Å². The molecular weight excluding hydrogens is 196 g/mol. The van der Waals surface area contributed by atoms with Gasteiger partial charge in [0.1, 0.15) is 5.71 Å². The lowest BCUT2D eigenvalue weighted by molar-refractivity contribution is -0.131. The predicted octanol–water partition coefficient (Wildman–Crippen LogP) is -0.258. The van der Waals surface area contributed by atoms with Crippen molar-refractivity contribution in [2.75, 3.05) is 0 Å². The number of carboxylic acid groups (broad SMARTS) is 2. The van der Waals surface area contributed by atoms with E-state index in [9.17, 15) is 9.59 Å². The molecule has 0 atom stereocenters. The second kappa shape index (κ2) is 5.04. The molecule has 10 nitrogen and oxygen atoms in total. The topological polar surface area (TPSA) is 162 Å². The van der Waals surface area contributed by atoms with E-state index in [0.29, 0.717) is 0 Å². The Hall–Kier alpha value is -2.70. The van der Waals surface area contributed by atoms with Crippen molar-refractivity contribution in [3.05, 3.63) is 10.6 Å². The van der Waals surface area contributed by atoms with E-state index in [4.69, 9.17) is 21.1 Å². The van der Waals surface area contributed by atoms with Crippen LogP contribution in [0, 0.1) is 5.39 Å². The molecule has 0 aromatic heterocycles. The van der Waals surface area contributed by atoms with Crippen LogP contribution in [-0.2, 0) is 9.59 Å². The quantitative estimate of drug-likeness (QED) is 0.274. The minimum atomic E-state index is -1.80. The van der Waals surface area contributed by atoms with Gasteiger partial charge in [-0.15, -0.1) is 0 Å². The van der Waals surface area contributed by atoms with Crippen LogP contribution in [-0.4, -0.2) is 33.6 Å². The molecule has 0 aromatic carbocycles. The van der Waals surface area contributed by atoms with Gasteiger partial charge in [0, 0.05) is 0 Å².